The number of hydrogen-bond donors (Lipinski definition) is 1. The van der Waals surface area contributed by atoms with Gasteiger partial charge in [0, 0.05) is 29.4 Å². The van der Waals surface area contributed by atoms with Crippen molar-refractivity contribution >= 4 is 41.5 Å². The highest BCUT2D eigenvalue weighted by Crippen LogP contribution is 2.32. The van der Waals surface area contributed by atoms with E-state index in [-0.39, 0.29) is 18.3 Å². The van der Waals surface area contributed by atoms with E-state index in [0.29, 0.717) is 21.6 Å². The number of aromatic nitrogens is 2. The first-order valence-corrected chi connectivity index (χ1v) is 12.0. The average Bonchev–Trinajstić information content (AvgIpc) is 3.18. The van der Waals surface area contributed by atoms with Crippen molar-refractivity contribution in [2.75, 3.05) is 13.1 Å². The van der Waals surface area contributed by atoms with Gasteiger partial charge in [0.05, 0.1) is 10.7 Å². The Morgan fingerprint density at radius 3 is 2.39 bits per heavy atom. The third-order valence-corrected chi connectivity index (χ3v) is 6.35. The molecule has 176 valence electrons. The molecule has 1 aliphatic rings. The van der Waals surface area contributed by atoms with Gasteiger partial charge in [0.2, 0.25) is 0 Å². The van der Waals surface area contributed by atoms with Crippen molar-refractivity contribution in [3.63, 3.8) is 0 Å². The van der Waals surface area contributed by atoms with Crippen LogP contribution in [0.25, 0.3) is 17.1 Å². The number of piperidine rings is 1. The quantitative estimate of drug-likeness (QED) is 0.385. The molecule has 0 spiro atoms. The van der Waals surface area contributed by atoms with Crippen LogP contribution in [-0.4, -0.2) is 33.6 Å². The summed E-state index contributed by atoms with van der Waals surface area (Å²) in [5.41, 5.74) is 6.12. The smallest absolute Gasteiger partial charge is 0.286 e. The number of hydrazine groups is 1. The SMILES string of the molecule is CCCCc1c(C(=O)NN2CCCCC2)nc(-c2ccccc2Cl)n1-c1ccc(Cl)cc1.Cl. The third kappa shape index (κ3) is 5.90. The van der Waals surface area contributed by atoms with Gasteiger partial charge < -0.3 is 0 Å². The Kier molecular flexibility index (Phi) is 9.21. The maximum atomic E-state index is 13.4. The first-order chi connectivity index (χ1) is 15.6. The molecule has 3 aromatic rings. The Hall–Kier alpha value is -2.05. The van der Waals surface area contributed by atoms with Crippen molar-refractivity contribution in [1.82, 2.24) is 20.0 Å². The fraction of sp³-hybridized carbons (Fsp3) is 0.360. The molecule has 1 saturated heterocycles. The van der Waals surface area contributed by atoms with E-state index >= 15 is 0 Å². The summed E-state index contributed by atoms with van der Waals surface area (Å²) >= 11 is 12.7. The van der Waals surface area contributed by atoms with Crippen molar-refractivity contribution in [3.05, 3.63) is 70.0 Å². The van der Waals surface area contributed by atoms with Crippen molar-refractivity contribution in [3.8, 4) is 17.1 Å². The Bertz CT molecular complexity index is 1080. The Labute approximate surface area is 211 Å². The third-order valence-electron chi connectivity index (χ3n) is 5.77. The van der Waals surface area contributed by atoms with Crippen LogP contribution < -0.4 is 5.43 Å². The molecule has 4 rings (SSSR count). The predicted molar refractivity (Wildman–Crippen MR) is 138 cm³/mol. The second-order valence-corrected chi connectivity index (χ2v) is 8.96. The van der Waals surface area contributed by atoms with E-state index in [1.807, 2.05) is 53.5 Å². The number of hydrogen-bond acceptors (Lipinski definition) is 3. The van der Waals surface area contributed by atoms with Crippen LogP contribution in [0.2, 0.25) is 10.0 Å². The molecule has 0 bridgehead atoms. The lowest BCUT2D eigenvalue weighted by Crippen LogP contribution is -2.45. The van der Waals surface area contributed by atoms with Gasteiger partial charge in [0.1, 0.15) is 5.82 Å². The summed E-state index contributed by atoms with van der Waals surface area (Å²) in [5.74, 6) is 0.492. The number of carbonyl (C=O) groups is 1. The lowest BCUT2D eigenvalue weighted by molar-refractivity contribution is 0.0744. The molecule has 1 N–H and O–H groups in total. The zero-order valence-corrected chi connectivity index (χ0v) is 21.0. The van der Waals surface area contributed by atoms with E-state index in [1.54, 1.807) is 0 Å². The zero-order valence-electron chi connectivity index (χ0n) is 18.7. The molecule has 2 heterocycles. The van der Waals surface area contributed by atoms with Crippen LogP contribution in [0, 0.1) is 0 Å². The lowest BCUT2D eigenvalue weighted by atomic mass is 10.1. The number of halogens is 3. The van der Waals surface area contributed by atoms with Gasteiger partial charge in [0.25, 0.3) is 5.91 Å². The molecular weight excluding hydrogens is 479 g/mol. The number of carbonyl (C=O) groups excluding carboxylic acids is 1. The molecule has 5 nitrogen and oxygen atoms in total. The molecular formula is C25H29Cl3N4O. The summed E-state index contributed by atoms with van der Waals surface area (Å²) in [6, 6.07) is 15.2. The van der Waals surface area contributed by atoms with Crippen LogP contribution in [0.3, 0.4) is 0 Å². The van der Waals surface area contributed by atoms with Gasteiger partial charge in [-0.15, -0.1) is 12.4 Å². The maximum Gasteiger partial charge on any atom is 0.286 e. The number of amides is 1. The van der Waals surface area contributed by atoms with Crippen LogP contribution >= 0.6 is 35.6 Å². The highest BCUT2D eigenvalue weighted by Gasteiger charge is 2.26. The number of unbranched alkanes of at least 4 members (excludes halogenated alkanes) is 1. The average molecular weight is 508 g/mol. The monoisotopic (exact) mass is 506 g/mol. The Balaban J connectivity index is 0.00000306. The van der Waals surface area contributed by atoms with Crippen LogP contribution in [-0.2, 0) is 6.42 Å². The number of benzene rings is 2. The van der Waals surface area contributed by atoms with Crippen molar-refractivity contribution in [1.29, 1.82) is 0 Å². The van der Waals surface area contributed by atoms with Crippen LogP contribution in [0.5, 0.6) is 0 Å². The van der Waals surface area contributed by atoms with E-state index in [9.17, 15) is 4.79 Å². The molecule has 0 atom stereocenters. The minimum atomic E-state index is -0.168. The Morgan fingerprint density at radius 1 is 1.03 bits per heavy atom. The summed E-state index contributed by atoms with van der Waals surface area (Å²) < 4.78 is 2.05. The van der Waals surface area contributed by atoms with E-state index in [4.69, 9.17) is 28.2 Å². The fourth-order valence-electron chi connectivity index (χ4n) is 4.10. The second kappa shape index (κ2) is 11.9. The molecule has 1 aliphatic heterocycles. The molecule has 2 aromatic carbocycles. The maximum absolute atomic E-state index is 13.4. The second-order valence-electron chi connectivity index (χ2n) is 8.11. The topological polar surface area (TPSA) is 50.2 Å². The number of nitrogens with one attached hydrogen (secondary N) is 1. The van der Waals surface area contributed by atoms with Gasteiger partial charge in [-0.25, -0.2) is 9.99 Å². The van der Waals surface area contributed by atoms with Gasteiger partial charge in [0.15, 0.2) is 5.69 Å². The summed E-state index contributed by atoms with van der Waals surface area (Å²) in [6.07, 6.45) is 6.08. The first-order valence-electron chi connectivity index (χ1n) is 11.3. The highest BCUT2D eigenvalue weighted by atomic mass is 35.5. The van der Waals surface area contributed by atoms with Gasteiger partial charge >= 0.3 is 0 Å². The van der Waals surface area contributed by atoms with E-state index in [0.717, 1.165) is 62.1 Å². The summed E-state index contributed by atoms with van der Waals surface area (Å²) in [4.78, 5) is 18.2. The predicted octanol–water partition coefficient (Wildman–Crippen LogP) is 6.74. The fourth-order valence-corrected chi connectivity index (χ4v) is 4.45. The molecule has 1 aromatic heterocycles. The van der Waals surface area contributed by atoms with Crippen molar-refractivity contribution in [2.45, 2.75) is 45.4 Å². The highest BCUT2D eigenvalue weighted by molar-refractivity contribution is 6.33. The minimum Gasteiger partial charge on any atom is -0.296 e. The van der Waals surface area contributed by atoms with Gasteiger partial charge in [-0.3, -0.25) is 14.8 Å². The zero-order chi connectivity index (χ0) is 22.5. The molecule has 0 radical (unpaired) electrons. The summed E-state index contributed by atoms with van der Waals surface area (Å²) in [6.45, 7) is 3.88. The Morgan fingerprint density at radius 2 is 1.73 bits per heavy atom. The van der Waals surface area contributed by atoms with Crippen LogP contribution in [0.1, 0.15) is 55.2 Å². The molecule has 1 fully saturated rings. The van der Waals surface area contributed by atoms with E-state index in [2.05, 4.69) is 16.9 Å². The van der Waals surface area contributed by atoms with Gasteiger partial charge in [-0.05, 0) is 62.1 Å². The number of imidazole rings is 1. The lowest BCUT2D eigenvalue weighted by Gasteiger charge is -2.26. The molecule has 0 unspecified atom stereocenters. The molecule has 0 aliphatic carbocycles. The number of rotatable bonds is 7. The van der Waals surface area contributed by atoms with E-state index < -0.39 is 0 Å². The summed E-state index contributed by atoms with van der Waals surface area (Å²) in [5, 5.41) is 3.26. The van der Waals surface area contributed by atoms with E-state index in [1.165, 1.54) is 6.42 Å². The molecule has 1 amide bonds. The number of nitrogens with zero attached hydrogens (tertiary/aromatic N) is 3. The van der Waals surface area contributed by atoms with Gasteiger partial charge in [-0.2, -0.15) is 0 Å². The molecule has 0 saturated carbocycles. The standard InChI is InChI=1S/C25H28Cl2N4O.ClH/c1-2-3-11-22-23(25(32)29-30-16-7-4-8-17-30)28-24(20-9-5-6-10-21(20)27)31(22)19-14-12-18(26)13-15-19;/h5-6,9-10,12-15H,2-4,7-8,11,16-17H2,1H3,(H,29,32);1H. The minimum absolute atomic E-state index is 0. The largest absolute Gasteiger partial charge is 0.296 e. The normalized spacial score (nSPS) is 14.0. The molecule has 33 heavy (non-hydrogen) atoms. The first kappa shape index (κ1) is 25.6. The van der Waals surface area contributed by atoms with Crippen molar-refractivity contribution < 1.29 is 4.79 Å². The van der Waals surface area contributed by atoms with Crippen molar-refractivity contribution in [2.24, 2.45) is 0 Å². The van der Waals surface area contributed by atoms with Crippen LogP contribution in [0.15, 0.2) is 48.5 Å². The molecule has 8 heteroatoms. The van der Waals surface area contributed by atoms with Gasteiger partial charge in [-0.1, -0.05) is 55.1 Å². The summed E-state index contributed by atoms with van der Waals surface area (Å²) in [7, 11) is 0. The van der Waals surface area contributed by atoms with Crippen LogP contribution in [0.4, 0.5) is 0 Å².